The first-order valence-electron chi connectivity index (χ1n) is 4.27. The lowest BCUT2D eigenvalue weighted by Crippen LogP contribution is -1.95. The molecule has 0 unspecified atom stereocenters. The lowest BCUT2D eigenvalue weighted by Gasteiger charge is -2.01. The third-order valence-electron chi connectivity index (χ3n) is 1.97. The van der Waals surface area contributed by atoms with Crippen LogP contribution in [0.1, 0.15) is 5.56 Å². The maximum absolute atomic E-state index is 5.91. The molecule has 0 aliphatic heterocycles. The van der Waals surface area contributed by atoms with Crippen LogP contribution in [0.5, 0.6) is 0 Å². The highest BCUT2D eigenvalue weighted by Gasteiger charge is 2.10. The molecule has 0 aliphatic carbocycles. The molecule has 0 N–H and O–H groups in total. The third kappa shape index (κ3) is 1.96. The Morgan fingerprint density at radius 2 is 1.80 bits per heavy atom. The Kier molecular flexibility index (Phi) is 2.63. The summed E-state index contributed by atoms with van der Waals surface area (Å²) in [5.74, 6) is 0.441. The predicted molar refractivity (Wildman–Crippen MR) is 59.0 cm³/mol. The molecule has 0 aliphatic rings. The highest BCUT2D eigenvalue weighted by molar-refractivity contribution is 6.34. The highest BCUT2D eigenvalue weighted by atomic mass is 35.5. The molecule has 2 aromatic heterocycles. The third-order valence-corrected chi connectivity index (χ3v) is 2.71. The van der Waals surface area contributed by atoms with Crippen LogP contribution in [0.3, 0.4) is 0 Å². The first kappa shape index (κ1) is 10.4. The van der Waals surface area contributed by atoms with Crippen molar-refractivity contribution in [1.82, 2.24) is 19.7 Å². The monoisotopic (exact) mass is 242 g/mol. The van der Waals surface area contributed by atoms with E-state index in [0.29, 0.717) is 27.4 Å². The largest absolute Gasteiger partial charge is 0.275 e. The molecule has 2 aromatic rings. The molecule has 2 rings (SSSR count). The summed E-state index contributed by atoms with van der Waals surface area (Å²) in [6, 6.07) is 1.80. The molecule has 0 fully saturated rings. The number of nitrogens with zero attached hydrogens (tertiary/aromatic N) is 4. The molecule has 0 atom stereocenters. The van der Waals surface area contributed by atoms with Gasteiger partial charge in [-0.3, -0.25) is 4.68 Å². The molecule has 0 aromatic carbocycles. The average Bonchev–Trinajstić information content (AvgIpc) is 2.60. The Bertz CT molecular complexity index is 484. The molecule has 0 saturated carbocycles. The first-order chi connectivity index (χ1) is 7.08. The second-order valence-corrected chi connectivity index (χ2v) is 3.84. The highest BCUT2D eigenvalue weighted by Crippen LogP contribution is 2.23. The van der Waals surface area contributed by atoms with Gasteiger partial charge in [0, 0.05) is 18.8 Å². The van der Waals surface area contributed by atoms with Gasteiger partial charge in [0.1, 0.15) is 16.0 Å². The summed E-state index contributed by atoms with van der Waals surface area (Å²) in [6.45, 7) is 1.77. The van der Waals surface area contributed by atoms with Gasteiger partial charge < -0.3 is 0 Å². The first-order valence-corrected chi connectivity index (χ1v) is 5.03. The molecule has 0 bridgehead atoms. The van der Waals surface area contributed by atoms with Crippen molar-refractivity contribution in [2.75, 3.05) is 0 Å². The van der Waals surface area contributed by atoms with Crippen molar-refractivity contribution in [2.45, 2.75) is 6.92 Å². The fraction of sp³-hybridized carbons (Fsp3) is 0.222. The molecule has 0 saturated heterocycles. The van der Waals surface area contributed by atoms with Gasteiger partial charge in [0.05, 0.1) is 0 Å². The molecule has 15 heavy (non-hydrogen) atoms. The topological polar surface area (TPSA) is 43.6 Å². The zero-order chi connectivity index (χ0) is 11.0. The van der Waals surface area contributed by atoms with Crippen molar-refractivity contribution < 1.29 is 0 Å². The summed E-state index contributed by atoms with van der Waals surface area (Å²) in [7, 11) is 1.82. The van der Waals surface area contributed by atoms with E-state index < -0.39 is 0 Å². The van der Waals surface area contributed by atoms with Gasteiger partial charge in [-0.1, -0.05) is 23.2 Å². The second kappa shape index (κ2) is 3.79. The molecule has 4 nitrogen and oxygen atoms in total. The van der Waals surface area contributed by atoms with Gasteiger partial charge in [-0.15, -0.1) is 0 Å². The van der Waals surface area contributed by atoms with Crippen LogP contribution in [0, 0.1) is 6.92 Å². The summed E-state index contributed by atoms with van der Waals surface area (Å²) in [6.07, 6.45) is 1.81. The Balaban J connectivity index is 2.55. The van der Waals surface area contributed by atoms with Crippen molar-refractivity contribution >= 4 is 23.2 Å². The van der Waals surface area contributed by atoms with E-state index in [1.165, 1.54) is 0 Å². The van der Waals surface area contributed by atoms with Gasteiger partial charge in [0.25, 0.3) is 0 Å². The van der Waals surface area contributed by atoms with Crippen molar-refractivity contribution in [3.05, 3.63) is 28.1 Å². The summed E-state index contributed by atoms with van der Waals surface area (Å²) in [5.41, 5.74) is 1.33. The van der Waals surface area contributed by atoms with Crippen LogP contribution >= 0.6 is 23.2 Å². The minimum atomic E-state index is 0.357. The van der Waals surface area contributed by atoms with Crippen LogP contribution in [0.2, 0.25) is 10.3 Å². The van der Waals surface area contributed by atoms with E-state index in [9.17, 15) is 0 Å². The van der Waals surface area contributed by atoms with Gasteiger partial charge in [-0.25, -0.2) is 9.97 Å². The number of aromatic nitrogens is 4. The summed E-state index contributed by atoms with van der Waals surface area (Å²) >= 11 is 11.8. The van der Waals surface area contributed by atoms with E-state index in [1.54, 1.807) is 23.9 Å². The van der Waals surface area contributed by atoms with E-state index in [0.717, 1.165) is 0 Å². The Morgan fingerprint density at radius 3 is 2.27 bits per heavy atom. The van der Waals surface area contributed by atoms with Crippen LogP contribution in [0.25, 0.3) is 11.5 Å². The Morgan fingerprint density at radius 1 is 1.20 bits per heavy atom. The van der Waals surface area contributed by atoms with Gasteiger partial charge >= 0.3 is 0 Å². The van der Waals surface area contributed by atoms with E-state index in [2.05, 4.69) is 15.1 Å². The summed E-state index contributed by atoms with van der Waals surface area (Å²) in [4.78, 5) is 8.22. The van der Waals surface area contributed by atoms with Gasteiger partial charge in [-0.05, 0) is 13.0 Å². The number of hydrogen-bond acceptors (Lipinski definition) is 3. The summed E-state index contributed by atoms with van der Waals surface area (Å²) < 4.78 is 1.67. The van der Waals surface area contributed by atoms with E-state index in [4.69, 9.17) is 23.2 Å². The number of hydrogen-bond donors (Lipinski definition) is 0. The fourth-order valence-corrected chi connectivity index (χ4v) is 1.50. The van der Waals surface area contributed by atoms with Gasteiger partial charge in [0.2, 0.25) is 0 Å². The number of aryl methyl sites for hydroxylation is 1. The van der Waals surface area contributed by atoms with Crippen molar-refractivity contribution in [2.24, 2.45) is 7.05 Å². The SMILES string of the molecule is Cc1c(Cl)nc(-c2ccn(C)n2)nc1Cl. The second-order valence-electron chi connectivity index (χ2n) is 3.13. The molecular formula is C9H8Cl2N4. The van der Waals surface area contributed by atoms with Crippen molar-refractivity contribution in [1.29, 1.82) is 0 Å². The molecule has 78 valence electrons. The van der Waals surface area contributed by atoms with Crippen molar-refractivity contribution in [3.63, 3.8) is 0 Å². The standard InChI is InChI=1S/C9H8Cl2N4/c1-5-7(10)12-9(13-8(5)11)6-3-4-15(2)14-6/h3-4H,1-2H3. The maximum Gasteiger partial charge on any atom is 0.182 e. The van der Waals surface area contributed by atoms with Gasteiger partial charge in [0.15, 0.2) is 5.82 Å². The molecule has 0 amide bonds. The lowest BCUT2D eigenvalue weighted by molar-refractivity contribution is 0.768. The van der Waals surface area contributed by atoms with Gasteiger partial charge in [-0.2, -0.15) is 5.10 Å². The Labute approximate surface area is 96.9 Å². The molecule has 2 heterocycles. The Hall–Kier alpha value is -1.13. The molecule has 0 spiro atoms. The van der Waals surface area contributed by atoms with E-state index in [-0.39, 0.29) is 0 Å². The normalized spacial score (nSPS) is 10.7. The zero-order valence-electron chi connectivity index (χ0n) is 8.20. The quantitative estimate of drug-likeness (QED) is 0.722. The molecular weight excluding hydrogens is 235 g/mol. The average molecular weight is 243 g/mol. The lowest BCUT2D eigenvalue weighted by atomic mass is 10.3. The molecule has 0 radical (unpaired) electrons. The minimum absolute atomic E-state index is 0.357. The van der Waals surface area contributed by atoms with E-state index >= 15 is 0 Å². The summed E-state index contributed by atoms with van der Waals surface area (Å²) in [5, 5.41) is 4.88. The molecule has 6 heteroatoms. The number of rotatable bonds is 1. The smallest absolute Gasteiger partial charge is 0.182 e. The van der Waals surface area contributed by atoms with Crippen LogP contribution < -0.4 is 0 Å². The van der Waals surface area contributed by atoms with Crippen LogP contribution in [-0.2, 0) is 7.05 Å². The minimum Gasteiger partial charge on any atom is -0.275 e. The van der Waals surface area contributed by atoms with Crippen molar-refractivity contribution in [3.8, 4) is 11.5 Å². The number of halogens is 2. The van der Waals surface area contributed by atoms with Crippen LogP contribution in [-0.4, -0.2) is 19.7 Å². The predicted octanol–water partition coefficient (Wildman–Crippen LogP) is 2.49. The van der Waals surface area contributed by atoms with Crippen LogP contribution in [0.15, 0.2) is 12.3 Å². The van der Waals surface area contributed by atoms with Crippen LogP contribution in [0.4, 0.5) is 0 Å². The zero-order valence-corrected chi connectivity index (χ0v) is 9.71. The fourth-order valence-electron chi connectivity index (χ4n) is 1.11. The van der Waals surface area contributed by atoms with E-state index in [1.807, 2.05) is 7.05 Å². The maximum atomic E-state index is 5.91.